The summed E-state index contributed by atoms with van der Waals surface area (Å²) in [7, 11) is 0. The quantitative estimate of drug-likeness (QED) is 0.0287. The molecule has 2 aromatic rings. The van der Waals surface area contributed by atoms with E-state index in [4.69, 9.17) is 10.8 Å². The van der Waals surface area contributed by atoms with E-state index < -0.39 is 116 Å². The minimum Gasteiger partial charge on any atom is -0.480 e. The van der Waals surface area contributed by atoms with Crippen molar-refractivity contribution < 1.29 is 58.5 Å². The number of carboxylic acids is 1. The van der Waals surface area contributed by atoms with Gasteiger partial charge >= 0.3 is 5.97 Å². The zero-order valence-corrected chi connectivity index (χ0v) is 33.6. The van der Waals surface area contributed by atoms with Crippen LogP contribution < -0.4 is 37.6 Å². The van der Waals surface area contributed by atoms with Gasteiger partial charge in [-0.3, -0.25) is 33.6 Å². The normalized spacial score (nSPS) is 16.2. The molecule has 59 heavy (non-hydrogen) atoms. The average Bonchev–Trinajstić information content (AvgIpc) is 3.85. The number of likely N-dealkylation sites (tertiary alicyclic amines) is 1. The highest BCUT2D eigenvalue weighted by Gasteiger charge is 2.38. The number of hydrogen-bond donors (Lipinski definition) is 11. The van der Waals surface area contributed by atoms with Gasteiger partial charge in [0.25, 0.3) is 5.91 Å². The summed E-state index contributed by atoms with van der Waals surface area (Å²) in [5, 5.41) is 42.4. The van der Waals surface area contributed by atoms with Gasteiger partial charge in [-0.25, -0.2) is 4.79 Å². The second kappa shape index (κ2) is 23.7. The van der Waals surface area contributed by atoms with E-state index in [0.29, 0.717) is 30.6 Å². The van der Waals surface area contributed by atoms with Crippen molar-refractivity contribution in [1.29, 1.82) is 0 Å². The number of para-hydroxylation sites is 1. The number of aromatic nitrogens is 1. The fraction of sp³-hybridized carbons (Fsp3) is 0.541. The molecule has 1 aromatic heterocycles. The summed E-state index contributed by atoms with van der Waals surface area (Å²) in [5.41, 5.74) is 7.22. The molecule has 6 atom stereocenters. The van der Waals surface area contributed by atoms with E-state index in [0.717, 1.165) is 33.1 Å². The molecule has 0 radical (unpaired) electrons. The van der Waals surface area contributed by atoms with Crippen molar-refractivity contribution in [1.82, 2.24) is 41.8 Å². The van der Waals surface area contributed by atoms with Gasteiger partial charge in [0.1, 0.15) is 24.4 Å². The van der Waals surface area contributed by atoms with Gasteiger partial charge in [0.15, 0.2) is 5.37 Å². The number of carbonyl (C=O) groups excluding carboxylic acids is 8. The van der Waals surface area contributed by atoms with Gasteiger partial charge in [0.2, 0.25) is 35.4 Å². The van der Waals surface area contributed by atoms with Gasteiger partial charge in [-0.1, -0.05) is 50.2 Å². The largest absolute Gasteiger partial charge is 0.480 e. The van der Waals surface area contributed by atoms with Crippen LogP contribution >= 0.6 is 11.8 Å². The highest BCUT2D eigenvalue weighted by Crippen LogP contribution is 2.32. The van der Waals surface area contributed by atoms with Crippen molar-refractivity contribution in [2.24, 2.45) is 5.73 Å². The van der Waals surface area contributed by atoms with Gasteiger partial charge in [0.05, 0.1) is 43.4 Å². The Balaban J connectivity index is 1.66. The second-order valence-electron chi connectivity index (χ2n) is 13.7. The number of H-pyrrole nitrogens is 1. The number of rotatable bonds is 24. The molecule has 0 aliphatic carbocycles. The number of aldehydes is 1. The summed E-state index contributed by atoms with van der Waals surface area (Å²) in [6, 6.07) is 2.52. The summed E-state index contributed by atoms with van der Waals surface area (Å²) >= 11 is 0.926. The number of aryl methyl sites for hydroxylation is 1. The van der Waals surface area contributed by atoms with E-state index in [2.05, 4.69) is 36.9 Å². The molecule has 3 rings (SSSR count). The maximum absolute atomic E-state index is 13.9. The number of aromatic amines is 1. The number of nitrogens with zero attached hydrogens (tertiary/aromatic N) is 1. The number of aliphatic carboxylic acids is 1. The number of aliphatic hydroxyl groups is 2. The van der Waals surface area contributed by atoms with Crippen molar-refractivity contribution in [3.63, 3.8) is 0 Å². The van der Waals surface area contributed by atoms with Crippen LogP contribution in [-0.4, -0.2) is 147 Å². The van der Waals surface area contributed by atoms with Gasteiger partial charge < -0.3 is 67.6 Å². The average molecular weight is 848 g/mol. The van der Waals surface area contributed by atoms with Crippen LogP contribution in [0.4, 0.5) is 0 Å². The van der Waals surface area contributed by atoms with Crippen LogP contribution in [-0.2, 0) is 49.6 Å². The minimum absolute atomic E-state index is 0.119. The first-order valence-corrected chi connectivity index (χ1v) is 20.0. The zero-order chi connectivity index (χ0) is 43.6. The Kier molecular flexibility index (Phi) is 19.2. The number of nitrogens with two attached hydrogens (primary N) is 1. The Labute approximate surface area is 343 Å². The number of carboxylic acid groups (broad SMARTS) is 1. The van der Waals surface area contributed by atoms with Crippen LogP contribution in [0.2, 0.25) is 0 Å². The van der Waals surface area contributed by atoms with Crippen LogP contribution in [0.25, 0.3) is 10.9 Å². The standard InChI is InChI=1S/C37H53N9O12S/c1-3-8-25(42-29(51)17-39-28(50)16-40-31(53)23(38)15-20(49)19-48)32(54)41-18-30(52)45-35(59-34-21(4-2)22-9-5-6-10-24(22)44-34)33(55)43-26(12-14-47)36(56)46-13-7-11-27(46)37(57)58/h5-6,9-10,14,20,23,25-27,35,44,48-49H,3-4,7-8,11-13,15-19,38H2,1-2H3,(H,39,50)(H,40,53)(H,41,54)(H,42,51)(H,43,55)(H,45,52)(H,57,58). The summed E-state index contributed by atoms with van der Waals surface area (Å²) < 4.78 is 0. The molecule has 1 saturated heterocycles. The molecule has 0 spiro atoms. The molecule has 22 heteroatoms. The summed E-state index contributed by atoms with van der Waals surface area (Å²) in [4.78, 5) is 118. The van der Waals surface area contributed by atoms with E-state index in [-0.39, 0.29) is 25.8 Å². The van der Waals surface area contributed by atoms with E-state index in [9.17, 15) is 53.4 Å². The van der Waals surface area contributed by atoms with Crippen LogP contribution in [0, 0.1) is 0 Å². The van der Waals surface area contributed by atoms with Crippen LogP contribution in [0.5, 0.6) is 0 Å². The molecule has 7 amide bonds. The van der Waals surface area contributed by atoms with E-state index in [1.807, 2.05) is 31.2 Å². The number of amides is 7. The highest BCUT2D eigenvalue weighted by molar-refractivity contribution is 8.00. The monoisotopic (exact) mass is 847 g/mol. The smallest absolute Gasteiger partial charge is 0.326 e. The second-order valence-corrected chi connectivity index (χ2v) is 14.8. The molecular formula is C37H53N9O12S. The first-order valence-electron chi connectivity index (χ1n) is 19.1. The Morgan fingerprint density at radius 2 is 1.58 bits per heavy atom. The third-order valence-electron chi connectivity index (χ3n) is 9.26. The number of aliphatic hydroxyl groups excluding tert-OH is 2. The lowest BCUT2D eigenvalue weighted by atomic mass is 10.1. The van der Waals surface area contributed by atoms with Crippen molar-refractivity contribution in [3.05, 3.63) is 29.8 Å². The van der Waals surface area contributed by atoms with Crippen molar-refractivity contribution in [2.45, 2.75) is 99.5 Å². The predicted octanol–water partition coefficient (Wildman–Crippen LogP) is -2.88. The van der Waals surface area contributed by atoms with Crippen molar-refractivity contribution in [3.8, 4) is 0 Å². The van der Waals surface area contributed by atoms with E-state index in [1.54, 1.807) is 6.92 Å². The van der Waals surface area contributed by atoms with Crippen molar-refractivity contribution in [2.75, 3.05) is 32.8 Å². The molecule has 1 aromatic carbocycles. The Bertz CT molecular complexity index is 1840. The van der Waals surface area contributed by atoms with Crippen LogP contribution in [0.3, 0.4) is 0 Å². The maximum Gasteiger partial charge on any atom is 0.326 e. The number of thioether (sulfide) groups is 1. The van der Waals surface area contributed by atoms with Gasteiger partial charge in [-0.15, -0.1) is 0 Å². The lowest BCUT2D eigenvalue weighted by Gasteiger charge is -2.27. The molecule has 1 aliphatic rings. The molecule has 21 nitrogen and oxygen atoms in total. The first-order chi connectivity index (χ1) is 28.1. The molecule has 1 aliphatic heterocycles. The Morgan fingerprint density at radius 3 is 2.24 bits per heavy atom. The zero-order valence-electron chi connectivity index (χ0n) is 32.8. The number of fused-ring (bicyclic) bond motifs is 1. The topological polar surface area (TPSA) is 332 Å². The van der Waals surface area contributed by atoms with E-state index in [1.165, 1.54) is 0 Å². The maximum atomic E-state index is 13.9. The molecule has 0 bridgehead atoms. The van der Waals surface area contributed by atoms with Crippen molar-refractivity contribution >= 4 is 76.3 Å². The molecule has 1 fully saturated rings. The molecule has 6 unspecified atom stereocenters. The SMILES string of the molecule is CCCC(NC(=O)CNC(=O)CNC(=O)C(N)CC(O)CO)C(=O)NCC(=O)NC(Sc1[nH]c2ccccc2c1CC)C(=O)NC(CC=O)C(=O)N1CCCC1C(=O)O. The lowest BCUT2D eigenvalue weighted by Crippen LogP contribution is -2.56. The summed E-state index contributed by atoms with van der Waals surface area (Å²) in [6.45, 7) is 1.42. The molecule has 12 N–H and O–H groups in total. The highest BCUT2D eigenvalue weighted by atomic mass is 32.2. The first kappa shape index (κ1) is 47.8. The van der Waals surface area contributed by atoms with Gasteiger partial charge in [-0.05, 0) is 43.7 Å². The summed E-state index contributed by atoms with van der Waals surface area (Å²) in [6.07, 6.45) is 0.256. The molecule has 0 saturated carbocycles. The fourth-order valence-electron chi connectivity index (χ4n) is 6.25. The van der Waals surface area contributed by atoms with E-state index >= 15 is 0 Å². The Hall–Kier alpha value is -5.58. The van der Waals surface area contributed by atoms with Gasteiger partial charge in [-0.2, -0.15) is 0 Å². The minimum atomic E-state index is -1.43. The summed E-state index contributed by atoms with van der Waals surface area (Å²) in [5.74, 6) is -6.70. The molecule has 324 valence electrons. The molecular weight excluding hydrogens is 795 g/mol. The predicted molar refractivity (Wildman–Crippen MR) is 212 cm³/mol. The van der Waals surface area contributed by atoms with Gasteiger partial charge in [0, 0.05) is 23.9 Å². The third kappa shape index (κ3) is 14.3. The fourth-order valence-corrected chi connectivity index (χ4v) is 7.42. The number of nitrogens with one attached hydrogen (secondary N) is 7. The number of hydrogen-bond acceptors (Lipinski definition) is 13. The Morgan fingerprint density at radius 1 is 0.915 bits per heavy atom. The third-order valence-corrected chi connectivity index (χ3v) is 10.4. The number of carbonyl (C=O) groups is 9. The molecule has 2 heterocycles. The van der Waals surface area contributed by atoms with Crippen LogP contribution in [0.1, 0.15) is 57.9 Å². The number of benzene rings is 1. The lowest BCUT2D eigenvalue weighted by molar-refractivity contribution is -0.149. The van der Waals surface area contributed by atoms with Crippen LogP contribution in [0.15, 0.2) is 29.3 Å².